The van der Waals surface area contributed by atoms with Gasteiger partial charge in [-0.15, -0.1) is 0 Å². The molecule has 0 spiro atoms. The lowest BCUT2D eigenvalue weighted by molar-refractivity contribution is 0.146. The highest BCUT2D eigenvalue weighted by Gasteiger charge is 2.28. The Hall–Kier alpha value is -0.730. The van der Waals surface area contributed by atoms with E-state index in [0.29, 0.717) is 6.04 Å². The van der Waals surface area contributed by atoms with Crippen molar-refractivity contribution in [1.82, 2.24) is 5.32 Å². The molecule has 0 bridgehead atoms. The fourth-order valence-corrected chi connectivity index (χ4v) is 1.41. The highest BCUT2D eigenvalue weighted by Crippen LogP contribution is 2.29. The number of hydrogen-bond donors (Lipinski definition) is 1. The Kier molecular flexibility index (Phi) is 2.74. The van der Waals surface area contributed by atoms with Crippen LogP contribution in [0.1, 0.15) is 26.2 Å². The Labute approximate surface area is 67.1 Å². The third kappa shape index (κ3) is 2.10. The van der Waals surface area contributed by atoms with Gasteiger partial charge in [-0.05, 0) is 18.8 Å². The van der Waals surface area contributed by atoms with E-state index in [2.05, 4.69) is 17.0 Å². The van der Waals surface area contributed by atoms with Crippen molar-refractivity contribution in [2.75, 3.05) is 7.11 Å². The van der Waals surface area contributed by atoms with Gasteiger partial charge in [0.15, 0.2) is 0 Å². The predicted octanol–water partition coefficient (Wildman–Crippen LogP) is 1.53. The van der Waals surface area contributed by atoms with Crippen LogP contribution >= 0.6 is 0 Å². The van der Waals surface area contributed by atoms with Crippen molar-refractivity contribution in [2.45, 2.75) is 32.2 Å². The van der Waals surface area contributed by atoms with Gasteiger partial charge in [-0.2, -0.15) is 0 Å². The standard InChI is InChI=1S/C8H15NO2/c1-3-6-4-7(5-6)9-8(10)11-2/h6-7H,3-5H2,1-2H3,(H,9,10)/t6-,7+. The molecule has 1 amide bonds. The van der Waals surface area contributed by atoms with Crippen LogP contribution in [-0.2, 0) is 4.74 Å². The zero-order valence-electron chi connectivity index (χ0n) is 7.09. The molecule has 1 fully saturated rings. The maximum atomic E-state index is 10.7. The first-order valence-electron chi connectivity index (χ1n) is 4.10. The summed E-state index contributed by atoms with van der Waals surface area (Å²) < 4.78 is 4.48. The quantitative estimate of drug-likeness (QED) is 0.660. The maximum absolute atomic E-state index is 10.7. The van der Waals surface area contributed by atoms with E-state index in [9.17, 15) is 4.79 Å². The van der Waals surface area contributed by atoms with Gasteiger partial charge in [0, 0.05) is 6.04 Å². The third-order valence-electron chi connectivity index (χ3n) is 2.32. The topological polar surface area (TPSA) is 38.3 Å². The molecule has 0 radical (unpaired) electrons. The molecule has 0 unspecified atom stereocenters. The van der Waals surface area contributed by atoms with Crippen molar-refractivity contribution >= 4 is 6.09 Å². The number of carbonyl (C=O) groups excluding carboxylic acids is 1. The molecule has 0 heterocycles. The van der Waals surface area contributed by atoms with Crippen LogP contribution in [0.25, 0.3) is 0 Å². The van der Waals surface area contributed by atoms with E-state index in [1.54, 1.807) is 0 Å². The van der Waals surface area contributed by atoms with Crippen molar-refractivity contribution in [3.63, 3.8) is 0 Å². The van der Waals surface area contributed by atoms with Crippen LogP contribution in [0.3, 0.4) is 0 Å². The van der Waals surface area contributed by atoms with Gasteiger partial charge in [-0.3, -0.25) is 0 Å². The average Bonchev–Trinajstić information content (AvgIpc) is 1.95. The summed E-state index contributed by atoms with van der Waals surface area (Å²) in [6.07, 6.45) is 3.15. The number of carbonyl (C=O) groups is 1. The number of methoxy groups -OCH3 is 1. The highest BCUT2D eigenvalue weighted by molar-refractivity contribution is 5.67. The maximum Gasteiger partial charge on any atom is 0.407 e. The number of rotatable bonds is 2. The fourth-order valence-electron chi connectivity index (χ4n) is 1.41. The van der Waals surface area contributed by atoms with Crippen LogP contribution in [0.5, 0.6) is 0 Å². The minimum atomic E-state index is -0.301. The van der Waals surface area contributed by atoms with Crippen molar-refractivity contribution < 1.29 is 9.53 Å². The molecule has 1 aliphatic rings. The predicted molar refractivity (Wildman–Crippen MR) is 42.3 cm³/mol. The van der Waals surface area contributed by atoms with Crippen molar-refractivity contribution in [3.8, 4) is 0 Å². The third-order valence-corrected chi connectivity index (χ3v) is 2.32. The minimum absolute atomic E-state index is 0.301. The summed E-state index contributed by atoms with van der Waals surface area (Å²) >= 11 is 0. The molecule has 0 aromatic heterocycles. The molecule has 64 valence electrons. The zero-order chi connectivity index (χ0) is 8.27. The number of amides is 1. The highest BCUT2D eigenvalue weighted by atomic mass is 16.5. The second-order valence-electron chi connectivity index (χ2n) is 3.08. The van der Waals surface area contributed by atoms with Crippen LogP contribution < -0.4 is 5.32 Å². The Morgan fingerprint density at radius 3 is 2.73 bits per heavy atom. The van der Waals surface area contributed by atoms with Gasteiger partial charge in [-0.25, -0.2) is 4.79 Å². The van der Waals surface area contributed by atoms with Crippen LogP contribution in [0.2, 0.25) is 0 Å². The summed E-state index contributed by atoms with van der Waals surface area (Å²) in [6, 6.07) is 0.368. The molecule has 3 nitrogen and oxygen atoms in total. The van der Waals surface area contributed by atoms with Gasteiger partial charge in [0.1, 0.15) is 0 Å². The van der Waals surface area contributed by atoms with E-state index in [-0.39, 0.29) is 6.09 Å². The van der Waals surface area contributed by atoms with Crippen LogP contribution in [0.15, 0.2) is 0 Å². The summed E-state index contributed by atoms with van der Waals surface area (Å²) in [7, 11) is 1.39. The molecular formula is C8H15NO2. The van der Waals surface area contributed by atoms with Gasteiger partial charge in [0.2, 0.25) is 0 Å². The van der Waals surface area contributed by atoms with E-state index < -0.39 is 0 Å². The van der Waals surface area contributed by atoms with E-state index >= 15 is 0 Å². The Bertz CT molecular complexity index is 141. The second-order valence-corrected chi connectivity index (χ2v) is 3.08. The first kappa shape index (κ1) is 8.37. The lowest BCUT2D eigenvalue weighted by Crippen LogP contribution is -2.43. The normalized spacial score (nSPS) is 28.9. The average molecular weight is 157 g/mol. The summed E-state index contributed by atoms with van der Waals surface area (Å²) in [4.78, 5) is 10.7. The summed E-state index contributed by atoms with van der Waals surface area (Å²) in [6.45, 7) is 2.18. The lowest BCUT2D eigenvalue weighted by Gasteiger charge is -2.34. The minimum Gasteiger partial charge on any atom is -0.453 e. The van der Waals surface area contributed by atoms with Crippen molar-refractivity contribution in [2.24, 2.45) is 5.92 Å². The Morgan fingerprint density at radius 2 is 2.27 bits per heavy atom. The SMILES string of the molecule is CC[C@H]1C[C@@H](NC(=O)OC)C1. The summed E-state index contributed by atoms with van der Waals surface area (Å²) in [5, 5.41) is 2.77. The van der Waals surface area contributed by atoms with Gasteiger partial charge in [0.05, 0.1) is 7.11 Å². The van der Waals surface area contributed by atoms with Crippen molar-refractivity contribution in [3.05, 3.63) is 0 Å². The number of alkyl carbamates (subject to hydrolysis) is 1. The van der Waals surface area contributed by atoms with E-state index in [4.69, 9.17) is 0 Å². The molecule has 0 aromatic rings. The van der Waals surface area contributed by atoms with Crippen molar-refractivity contribution in [1.29, 1.82) is 0 Å². The molecule has 0 atom stereocenters. The Morgan fingerprint density at radius 1 is 1.64 bits per heavy atom. The molecule has 1 aliphatic carbocycles. The van der Waals surface area contributed by atoms with E-state index in [1.807, 2.05) is 0 Å². The second kappa shape index (κ2) is 3.60. The van der Waals surface area contributed by atoms with Crippen LogP contribution in [0, 0.1) is 5.92 Å². The van der Waals surface area contributed by atoms with Gasteiger partial charge in [0.25, 0.3) is 0 Å². The first-order valence-corrected chi connectivity index (χ1v) is 4.10. The van der Waals surface area contributed by atoms with Crippen LogP contribution in [0.4, 0.5) is 4.79 Å². The van der Waals surface area contributed by atoms with Gasteiger partial charge < -0.3 is 10.1 Å². The van der Waals surface area contributed by atoms with E-state index in [1.165, 1.54) is 13.5 Å². The van der Waals surface area contributed by atoms with Gasteiger partial charge >= 0.3 is 6.09 Å². The molecule has 0 aliphatic heterocycles. The Balaban J connectivity index is 2.08. The largest absolute Gasteiger partial charge is 0.453 e. The lowest BCUT2D eigenvalue weighted by atomic mass is 9.79. The van der Waals surface area contributed by atoms with Gasteiger partial charge in [-0.1, -0.05) is 13.3 Å². The smallest absolute Gasteiger partial charge is 0.407 e. The number of nitrogens with one attached hydrogen (secondary N) is 1. The molecule has 1 N–H and O–H groups in total. The summed E-state index contributed by atoms with van der Waals surface area (Å²) in [5.74, 6) is 0.817. The molecule has 1 saturated carbocycles. The first-order chi connectivity index (χ1) is 5.26. The van der Waals surface area contributed by atoms with Crippen LogP contribution in [-0.4, -0.2) is 19.2 Å². The fraction of sp³-hybridized carbons (Fsp3) is 0.875. The monoisotopic (exact) mass is 157 g/mol. The molecule has 11 heavy (non-hydrogen) atoms. The summed E-state index contributed by atoms with van der Waals surface area (Å²) in [5.41, 5.74) is 0. The molecule has 1 rings (SSSR count). The number of ether oxygens (including phenoxy) is 1. The van der Waals surface area contributed by atoms with E-state index in [0.717, 1.165) is 18.8 Å². The zero-order valence-corrected chi connectivity index (χ0v) is 7.09. The molecular weight excluding hydrogens is 142 g/mol. The molecule has 0 saturated heterocycles. The molecule has 3 heteroatoms. The molecule has 0 aromatic carbocycles. The number of hydrogen-bond acceptors (Lipinski definition) is 2.